The summed E-state index contributed by atoms with van der Waals surface area (Å²) in [6, 6.07) is 17.7. The quantitative estimate of drug-likeness (QED) is 0.337. The number of benzene rings is 2. The number of carbonyl (C=O) groups is 2. The number of pyridine rings is 1. The summed E-state index contributed by atoms with van der Waals surface area (Å²) in [6.07, 6.45) is 5.81. The lowest BCUT2D eigenvalue weighted by Gasteiger charge is -2.32. The number of halogens is 1. The van der Waals surface area contributed by atoms with Crippen LogP contribution in [0.15, 0.2) is 60.7 Å². The Labute approximate surface area is 234 Å². The molecule has 7 nitrogen and oxygen atoms in total. The molecule has 3 N–H and O–H groups in total. The Bertz CT molecular complexity index is 1330. The Balaban J connectivity index is 1.14. The van der Waals surface area contributed by atoms with E-state index >= 15 is 0 Å². The number of hydrogen-bond acceptors (Lipinski definition) is 5. The number of hydrogen-bond donors (Lipinski definition) is 3. The number of anilines is 1. The van der Waals surface area contributed by atoms with Crippen molar-refractivity contribution in [3.63, 3.8) is 0 Å². The number of fused-ring (bicyclic) bond motifs is 1. The molecule has 2 atom stereocenters. The highest BCUT2D eigenvalue weighted by Crippen LogP contribution is 2.28. The summed E-state index contributed by atoms with van der Waals surface area (Å²) in [4.78, 5) is 32.3. The number of nitrogens with one attached hydrogen (secondary N) is 2. The van der Waals surface area contributed by atoms with Gasteiger partial charge >= 0.3 is 5.97 Å². The number of piperidine rings is 1. The van der Waals surface area contributed by atoms with Gasteiger partial charge in [-0.1, -0.05) is 42.5 Å². The van der Waals surface area contributed by atoms with Crippen LogP contribution >= 0.6 is 0 Å². The van der Waals surface area contributed by atoms with Gasteiger partial charge < -0.3 is 20.6 Å². The van der Waals surface area contributed by atoms with Crippen LogP contribution in [0.2, 0.25) is 0 Å². The lowest BCUT2D eigenvalue weighted by molar-refractivity contribution is -0.138. The highest BCUT2D eigenvalue weighted by molar-refractivity contribution is 5.82. The maximum Gasteiger partial charge on any atom is 0.312 e. The van der Waals surface area contributed by atoms with E-state index in [1.54, 1.807) is 18.2 Å². The summed E-state index contributed by atoms with van der Waals surface area (Å²) in [5.41, 5.74) is 3.87. The van der Waals surface area contributed by atoms with Gasteiger partial charge in [0.1, 0.15) is 11.6 Å². The molecule has 2 aliphatic heterocycles. The van der Waals surface area contributed by atoms with Crippen LogP contribution in [0.3, 0.4) is 0 Å². The van der Waals surface area contributed by atoms with Gasteiger partial charge in [0.15, 0.2) is 0 Å². The Morgan fingerprint density at radius 1 is 1.12 bits per heavy atom. The minimum Gasteiger partial charge on any atom is -0.481 e. The molecule has 0 unspecified atom stereocenters. The molecule has 3 aromatic rings. The average Bonchev–Trinajstić information content (AvgIpc) is 2.98. The molecule has 0 spiro atoms. The molecule has 1 fully saturated rings. The van der Waals surface area contributed by atoms with Crippen LogP contribution < -0.4 is 10.6 Å². The van der Waals surface area contributed by atoms with Crippen molar-refractivity contribution in [1.82, 2.24) is 15.2 Å². The zero-order valence-electron chi connectivity index (χ0n) is 22.7. The Kier molecular flexibility index (Phi) is 9.06. The molecule has 1 amide bonds. The topological polar surface area (TPSA) is 94.6 Å². The molecule has 0 aliphatic carbocycles. The van der Waals surface area contributed by atoms with E-state index in [0.29, 0.717) is 23.2 Å². The molecule has 3 heterocycles. The Morgan fingerprint density at radius 3 is 2.80 bits per heavy atom. The Morgan fingerprint density at radius 2 is 1.98 bits per heavy atom. The van der Waals surface area contributed by atoms with Gasteiger partial charge in [0.05, 0.1) is 11.8 Å². The van der Waals surface area contributed by atoms with Crippen molar-refractivity contribution in [3.8, 4) is 11.1 Å². The van der Waals surface area contributed by atoms with Gasteiger partial charge in [-0.25, -0.2) is 9.37 Å². The van der Waals surface area contributed by atoms with Crippen LogP contribution in [0.25, 0.3) is 11.1 Å². The van der Waals surface area contributed by atoms with Crippen molar-refractivity contribution < 1.29 is 19.1 Å². The van der Waals surface area contributed by atoms with Crippen molar-refractivity contribution in [2.24, 2.45) is 5.92 Å². The molecular weight excluding hydrogens is 507 g/mol. The van der Waals surface area contributed by atoms with Crippen LogP contribution in [0, 0.1) is 11.7 Å². The number of nitrogens with zero attached hydrogens (tertiary/aromatic N) is 2. The largest absolute Gasteiger partial charge is 0.481 e. The summed E-state index contributed by atoms with van der Waals surface area (Å²) in [7, 11) is 0. The number of carboxylic acid groups (broad SMARTS) is 1. The fourth-order valence-electron chi connectivity index (χ4n) is 5.76. The fraction of sp³-hybridized carbons (Fsp3) is 0.406. The predicted molar refractivity (Wildman–Crippen MR) is 154 cm³/mol. The number of likely N-dealkylation sites (tertiary alicyclic amines) is 1. The zero-order valence-corrected chi connectivity index (χ0v) is 22.7. The predicted octanol–water partition coefficient (Wildman–Crippen LogP) is 4.88. The molecule has 1 saturated heterocycles. The molecule has 210 valence electrons. The molecule has 0 radical (unpaired) electrons. The molecule has 2 aliphatic rings. The van der Waals surface area contributed by atoms with Crippen LogP contribution in [0.4, 0.5) is 10.2 Å². The molecular formula is C32H37FN4O3. The molecule has 40 heavy (non-hydrogen) atoms. The van der Waals surface area contributed by atoms with Crippen molar-refractivity contribution in [2.45, 2.75) is 44.4 Å². The molecule has 8 heteroatoms. The van der Waals surface area contributed by atoms with Crippen molar-refractivity contribution >= 4 is 17.7 Å². The number of aromatic nitrogens is 1. The summed E-state index contributed by atoms with van der Waals surface area (Å²) < 4.78 is 14.5. The van der Waals surface area contributed by atoms with E-state index < -0.39 is 17.7 Å². The second kappa shape index (κ2) is 13.0. The van der Waals surface area contributed by atoms with E-state index in [0.717, 1.165) is 69.7 Å². The lowest BCUT2D eigenvalue weighted by Crippen LogP contribution is -2.44. The number of carboxylic acids is 1. The Hall–Kier alpha value is -3.78. The standard InChI is InChI=1S/C32H37FN4O3/c33-29-15-13-24(19-27(29)22-7-2-1-3-8-22)28(32(39)40)20-35-31(38)25-10-5-17-37(21-25)18-6-11-26-14-12-23-9-4-16-34-30(23)36-26/h1-3,7-8,12-15,19,25,28H,4-6,9-11,16-18,20-21H2,(H,34,36)(H,35,38)(H,39,40)/t25-,28+/m1/s1. The van der Waals surface area contributed by atoms with Crippen molar-refractivity contribution in [2.75, 3.05) is 38.0 Å². The second-order valence-corrected chi connectivity index (χ2v) is 10.8. The van der Waals surface area contributed by atoms with Crippen LogP contribution in [0.1, 0.15) is 48.4 Å². The third-order valence-electron chi connectivity index (χ3n) is 7.99. The van der Waals surface area contributed by atoms with E-state index in [1.807, 2.05) is 18.2 Å². The van der Waals surface area contributed by atoms with Gasteiger partial charge in [-0.05, 0) is 86.5 Å². The average molecular weight is 545 g/mol. The van der Waals surface area contributed by atoms with E-state index in [-0.39, 0.29) is 18.4 Å². The van der Waals surface area contributed by atoms with Gasteiger partial charge in [0, 0.05) is 30.9 Å². The van der Waals surface area contributed by atoms with E-state index in [1.165, 1.54) is 17.7 Å². The number of rotatable bonds is 10. The van der Waals surface area contributed by atoms with Gasteiger partial charge in [-0.2, -0.15) is 0 Å². The van der Waals surface area contributed by atoms with Crippen LogP contribution in [-0.4, -0.2) is 59.6 Å². The van der Waals surface area contributed by atoms with Crippen LogP contribution in [-0.2, 0) is 22.4 Å². The van der Waals surface area contributed by atoms with E-state index in [2.05, 4.69) is 27.7 Å². The van der Waals surface area contributed by atoms with Gasteiger partial charge in [0.25, 0.3) is 0 Å². The first-order valence-corrected chi connectivity index (χ1v) is 14.3. The maximum atomic E-state index is 14.5. The SMILES string of the molecule is O=C(NC[C@H](C(=O)O)c1ccc(F)c(-c2ccccc2)c1)[C@@H]1CCCN(CCCc2ccc3c(n2)NCCC3)C1. The molecule has 0 saturated carbocycles. The zero-order chi connectivity index (χ0) is 27.9. The third-order valence-corrected chi connectivity index (χ3v) is 7.99. The summed E-state index contributed by atoms with van der Waals surface area (Å²) in [5, 5.41) is 16.2. The number of aliphatic carboxylic acids is 1. The highest BCUT2D eigenvalue weighted by atomic mass is 19.1. The third kappa shape index (κ3) is 6.86. The van der Waals surface area contributed by atoms with Crippen molar-refractivity contribution in [1.29, 1.82) is 0 Å². The number of carbonyl (C=O) groups excluding carboxylic acids is 1. The summed E-state index contributed by atoms with van der Waals surface area (Å²) >= 11 is 0. The summed E-state index contributed by atoms with van der Waals surface area (Å²) in [6.45, 7) is 3.46. The van der Waals surface area contributed by atoms with Gasteiger partial charge in [-0.15, -0.1) is 0 Å². The number of aryl methyl sites for hydroxylation is 2. The minimum absolute atomic E-state index is 0.0391. The van der Waals surface area contributed by atoms with Gasteiger partial charge in [-0.3, -0.25) is 9.59 Å². The molecule has 2 aromatic carbocycles. The van der Waals surface area contributed by atoms with E-state index in [4.69, 9.17) is 4.98 Å². The second-order valence-electron chi connectivity index (χ2n) is 10.8. The molecule has 5 rings (SSSR count). The van der Waals surface area contributed by atoms with Crippen molar-refractivity contribution in [3.05, 3.63) is 83.3 Å². The lowest BCUT2D eigenvalue weighted by atomic mass is 9.93. The van der Waals surface area contributed by atoms with Crippen LogP contribution in [0.5, 0.6) is 0 Å². The normalized spacial score (nSPS) is 17.9. The summed E-state index contributed by atoms with van der Waals surface area (Å²) in [5.74, 6) is -1.71. The fourth-order valence-corrected chi connectivity index (χ4v) is 5.76. The van der Waals surface area contributed by atoms with Gasteiger partial charge in [0.2, 0.25) is 5.91 Å². The molecule has 1 aromatic heterocycles. The molecule has 0 bridgehead atoms. The minimum atomic E-state index is -1.05. The maximum absolute atomic E-state index is 14.5. The first-order chi connectivity index (χ1) is 19.5. The first kappa shape index (κ1) is 27.8. The highest BCUT2D eigenvalue weighted by Gasteiger charge is 2.28. The number of amides is 1. The monoisotopic (exact) mass is 544 g/mol. The van der Waals surface area contributed by atoms with E-state index in [9.17, 15) is 19.1 Å². The smallest absolute Gasteiger partial charge is 0.312 e. The first-order valence-electron chi connectivity index (χ1n) is 14.3.